The van der Waals surface area contributed by atoms with Crippen molar-refractivity contribution in [3.63, 3.8) is 0 Å². The Kier molecular flexibility index (Phi) is 7.53. The lowest BCUT2D eigenvalue weighted by Gasteiger charge is -2.14. The number of sulfonamides is 1. The van der Waals surface area contributed by atoms with Crippen molar-refractivity contribution in [1.82, 2.24) is 5.32 Å². The van der Waals surface area contributed by atoms with Gasteiger partial charge in [0.1, 0.15) is 0 Å². The van der Waals surface area contributed by atoms with E-state index >= 15 is 0 Å². The smallest absolute Gasteiger partial charge is 0.251 e. The first-order valence-electron chi connectivity index (χ1n) is 8.59. The van der Waals surface area contributed by atoms with Crippen LogP contribution in [0, 0.1) is 0 Å². The summed E-state index contributed by atoms with van der Waals surface area (Å²) in [6.07, 6.45) is 1.88. The van der Waals surface area contributed by atoms with Gasteiger partial charge in [0, 0.05) is 12.1 Å². The fraction of sp³-hybridized carbons (Fsp3) is 0.316. The van der Waals surface area contributed by atoms with Crippen LogP contribution in [0.25, 0.3) is 0 Å². The number of anilines is 1. The minimum absolute atomic E-state index is 0.131. The second kappa shape index (κ2) is 9.66. The van der Waals surface area contributed by atoms with Crippen LogP contribution >= 0.6 is 11.6 Å². The van der Waals surface area contributed by atoms with Gasteiger partial charge >= 0.3 is 0 Å². The standard InChI is InChI=1S/C19H23ClN2O5S/c1-4-9-27-18-15(20)10-14(11-17(18)26-2)19(23)21-12-13-7-5-6-8-16(13)22-28(3,24)25/h5-8,10-11,22H,4,9,12H2,1-3H3,(H,21,23). The number of ether oxygens (including phenoxy) is 2. The highest BCUT2D eigenvalue weighted by Crippen LogP contribution is 2.36. The Balaban J connectivity index is 2.17. The van der Waals surface area contributed by atoms with Gasteiger partial charge in [-0.2, -0.15) is 0 Å². The Hall–Kier alpha value is -2.45. The molecule has 0 unspecified atom stereocenters. The van der Waals surface area contributed by atoms with Gasteiger partial charge in [0.2, 0.25) is 10.0 Å². The van der Waals surface area contributed by atoms with E-state index in [1.54, 1.807) is 30.3 Å². The maximum atomic E-state index is 12.6. The predicted octanol–water partition coefficient (Wildman–Crippen LogP) is 3.44. The summed E-state index contributed by atoms with van der Waals surface area (Å²) in [4.78, 5) is 12.6. The Morgan fingerprint density at radius 3 is 2.57 bits per heavy atom. The molecule has 0 aromatic heterocycles. The third-order valence-electron chi connectivity index (χ3n) is 3.69. The average Bonchev–Trinajstić information content (AvgIpc) is 2.64. The summed E-state index contributed by atoms with van der Waals surface area (Å²) in [5.41, 5.74) is 1.34. The van der Waals surface area contributed by atoms with E-state index in [4.69, 9.17) is 21.1 Å². The highest BCUT2D eigenvalue weighted by Gasteiger charge is 2.16. The molecule has 28 heavy (non-hydrogen) atoms. The highest BCUT2D eigenvalue weighted by molar-refractivity contribution is 7.92. The van der Waals surface area contributed by atoms with E-state index in [-0.39, 0.29) is 17.5 Å². The number of halogens is 1. The van der Waals surface area contributed by atoms with Crippen LogP contribution in [-0.4, -0.2) is 34.3 Å². The molecule has 0 fully saturated rings. The summed E-state index contributed by atoms with van der Waals surface area (Å²) >= 11 is 6.25. The average molecular weight is 427 g/mol. The first kappa shape index (κ1) is 21.8. The van der Waals surface area contributed by atoms with Crippen molar-refractivity contribution in [1.29, 1.82) is 0 Å². The maximum absolute atomic E-state index is 12.6. The fourth-order valence-corrected chi connectivity index (χ4v) is 3.31. The maximum Gasteiger partial charge on any atom is 0.251 e. The van der Waals surface area contributed by atoms with Crippen LogP contribution < -0.4 is 19.5 Å². The zero-order chi connectivity index (χ0) is 20.7. The number of methoxy groups -OCH3 is 1. The van der Waals surface area contributed by atoms with Crippen molar-refractivity contribution in [3.8, 4) is 11.5 Å². The Morgan fingerprint density at radius 1 is 1.21 bits per heavy atom. The van der Waals surface area contributed by atoms with Crippen LogP contribution in [0.3, 0.4) is 0 Å². The lowest BCUT2D eigenvalue weighted by molar-refractivity contribution is 0.0950. The summed E-state index contributed by atoms with van der Waals surface area (Å²) < 4.78 is 36.3. The second-order valence-electron chi connectivity index (χ2n) is 6.05. The first-order chi connectivity index (χ1) is 13.2. The van der Waals surface area contributed by atoms with E-state index in [9.17, 15) is 13.2 Å². The zero-order valence-electron chi connectivity index (χ0n) is 15.9. The lowest BCUT2D eigenvalue weighted by Crippen LogP contribution is -2.24. The van der Waals surface area contributed by atoms with Crippen LogP contribution in [-0.2, 0) is 16.6 Å². The fourth-order valence-electron chi connectivity index (χ4n) is 2.45. The number of carbonyl (C=O) groups is 1. The summed E-state index contributed by atoms with van der Waals surface area (Å²) in [6, 6.07) is 9.87. The molecule has 9 heteroatoms. The number of amides is 1. The summed E-state index contributed by atoms with van der Waals surface area (Å²) in [5, 5.41) is 3.03. The van der Waals surface area contributed by atoms with E-state index in [2.05, 4.69) is 10.0 Å². The third kappa shape index (κ3) is 6.03. The normalized spacial score (nSPS) is 11.0. The van der Waals surface area contributed by atoms with Crippen LogP contribution in [0.15, 0.2) is 36.4 Å². The topological polar surface area (TPSA) is 93.7 Å². The molecule has 2 aromatic carbocycles. The number of benzene rings is 2. The summed E-state index contributed by atoms with van der Waals surface area (Å²) in [5.74, 6) is 0.381. The van der Waals surface area contributed by atoms with Crippen LogP contribution in [0.1, 0.15) is 29.3 Å². The summed E-state index contributed by atoms with van der Waals surface area (Å²) in [6.45, 7) is 2.58. The van der Waals surface area contributed by atoms with E-state index < -0.39 is 10.0 Å². The molecule has 0 aliphatic heterocycles. The molecule has 0 bridgehead atoms. The number of nitrogens with one attached hydrogen (secondary N) is 2. The Labute approximate surface area is 170 Å². The zero-order valence-corrected chi connectivity index (χ0v) is 17.5. The molecule has 2 rings (SSSR count). The molecule has 7 nitrogen and oxygen atoms in total. The van der Waals surface area contributed by atoms with Crippen molar-refractivity contribution < 1.29 is 22.7 Å². The molecular formula is C19H23ClN2O5S. The molecule has 0 heterocycles. The number of hydrogen-bond donors (Lipinski definition) is 2. The molecule has 2 aromatic rings. The minimum Gasteiger partial charge on any atom is -0.493 e. The van der Waals surface area contributed by atoms with E-state index in [0.29, 0.717) is 34.9 Å². The van der Waals surface area contributed by atoms with Crippen LogP contribution in [0.2, 0.25) is 5.02 Å². The van der Waals surface area contributed by atoms with Gasteiger partial charge < -0.3 is 14.8 Å². The van der Waals surface area contributed by atoms with Gasteiger partial charge in [-0.05, 0) is 30.2 Å². The molecule has 1 amide bonds. The SMILES string of the molecule is CCCOc1c(Cl)cc(C(=O)NCc2ccccc2NS(C)(=O)=O)cc1OC. The minimum atomic E-state index is -3.43. The quantitative estimate of drug-likeness (QED) is 0.640. The monoisotopic (exact) mass is 426 g/mol. The number of carbonyl (C=O) groups excluding carboxylic acids is 1. The largest absolute Gasteiger partial charge is 0.493 e. The molecule has 0 radical (unpaired) electrons. The number of para-hydroxylation sites is 1. The lowest BCUT2D eigenvalue weighted by atomic mass is 10.1. The van der Waals surface area contributed by atoms with Gasteiger partial charge in [-0.1, -0.05) is 36.7 Å². The molecule has 2 N–H and O–H groups in total. The van der Waals surface area contributed by atoms with Gasteiger partial charge in [-0.25, -0.2) is 8.42 Å². The molecule has 152 valence electrons. The van der Waals surface area contributed by atoms with Crippen molar-refractivity contribution in [2.75, 3.05) is 24.7 Å². The second-order valence-corrected chi connectivity index (χ2v) is 8.21. The highest BCUT2D eigenvalue weighted by atomic mass is 35.5. The Bertz CT molecular complexity index is 947. The van der Waals surface area contributed by atoms with Crippen molar-refractivity contribution in [2.45, 2.75) is 19.9 Å². The predicted molar refractivity (Wildman–Crippen MR) is 110 cm³/mol. The molecular weight excluding hydrogens is 404 g/mol. The Morgan fingerprint density at radius 2 is 1.93 bits per heavy atom. The van der Waals surface area contributed by atoms with Crippen LogP contribution in [0.5, 0.6) is 11.5 Å². The molecule has 0 aliphatic rings. The van der Waals surface area contributed by atoms with Gasteiger partial charge in [0.25, 0.3) is 5.91 Å². The van der Waals surface area contributed by atoms with Gasteiger partial charge in [-0.15, -0.1) is 0 Å². The van der Waals surface area contributed by atoms with Crippen molar-refractivity contribution in [3.05, 3.63) is 52.5 Å². The number of rotatable bonds is 9. The third-order valence-corrected chi connectivity index (χ3v) is 4.57. The molecule has 0 aliphatic carbocycles. The van der Waals surface area contributed by atoms with E-state index in [0.717, 1.165) is 12.7 Å². The summed E-state index contributed by atoms with van der Waals surface area (Å²) in [7, 11) is -1.96. The molecule has 0 saturated carbocycles. The molecule has 0 atom stereocenters. The first-order valence-corrected chi connectivity index (χ1v) is 10.9. The van der Waals surface area contributed by atoms with Gasteiger partial charge in [0.05, 0.1) is 30.7 Å². The van der Waals surface area contributed by atoms with E-state index in [1.165, 1.54) is 13.2 Å². The van der Waals surface area contributed by atoms with Crippen molar-refractivity contribution in [2.24, 2.45) is 0 Å². The van der Waals surface area contributed by atoms with Gasteiger partial charge in [-0.3, -0.25) is 9.52 Å². The van der Waals surface area contributed by atoms with Crippen molar-refractivity contribution >= 4 is 33.2 Å². The molecule has 0 saturated heterocycles. The van der Waals surface area contributed by atoms with Crippen LogP contribution in [0.4, 0.5) is 5.69 Å². The number of hydrogen-bond acceptors (Lipinski definition) is 5. The molecule has 0 spiro atoms. The van der Waals surface area contributed by atoms with E-state index in [1.807, 2.05) is 6.92 Å². The van der Waals surface area contributed by atoms with Gasteiger partial charge in [0.15, 0.2) is 11.5 Å².